The number of ether oxygens (including phenoxy) is 1. The minimum absolute atomic E-state index is 0.0487. The standard InChI is InChI=1S/C11H17N3O2/c1-14-6-5-13-10(11(14)15)16-9-4-2-3-8(9)7-12/h5-6,8-9H,2-4,7,12H2,1H3. The van der Waals surface area contributed by atoms with Gasteiger partial charge in [-0.2, -0.15) is 0 Å². The van der Waals surface area contributed by atoms with Crippen LogP contribution in [0.5, 0.6) is 5.88 Å². The summed E-state index contributed by atoms with van der Waals surface area (Å²) in [7, 11) is 1.69. The highest BCUT2D eigenvalue weighted by Crippen LogP contribution is 2.27. The maximum Gasteiger partial charge on any atom is 0.313 e. The van der Waals surface area contributed by atoms with Gasteiger partial charge in [0, 0.05) is 25.4 Å². The number of aromatic nitrogens is 2. The maximum absolute atomic E-state index is 11.7. The predicted molar refractivity (Wildman–Crippen MR) is 60.3 cm³/mol. The van der Waals surface area contributed by atoms with Gasteiger partial charge >= 0.3 is 5.56 Å². The number of nitrogens with two attached hydrogens (primary N) is 1. The fraction of sp³-hybridized carbons (Fsp3) is 0.636. The summed E-state index contributed by atoms with van der Waals surface area (Å²) in [4.78, 5) is 15.7. The molecule has 1 saturated carbocycles. The van der Waals surface area contributed by atoms with Gasteiger partial charge in [0.25, 0.3) is 5.88 Å². The quantitative estimate of drug-likeness (QED) is 0.799. The van der Waals surface area contributed by atoms with Gasteiger partial charge in [-0.05, 0) is 25.8 Å². The van der Waals surface area contributed by atoms with Crippen LogP contribution >= 0.6 is 0 Å². The zero-order valence-electron chi connectivity index (χ0n) is 9.43. The molecule has 1 aromatic rings. The zero-order chi connectivity index (χ0) is 11.5. The van der Waals surface area contributed by atoms with E-state index in [1.165, 1.54) is 4.57 Å². The van der Waals surface area contributed by atoms with Crippen molar-refractivity contribution in [1.82, 2.24) is 9.55 Å². The second kappa shape index (κ2) is 4.65. The molecule has 2 N–H and O–H groups in total. The van der Waals surface area contributed by atoms with Gasteiger partial charge in [-0.1, -0.05) is 0 Å². The third kappa shape index (κ3) is 2.09. The Morgan fingerprint density at radius 1 is 1.62 bits per heavy atom. The van der Waals surface area contributed by atoms with Crippen molar-refractivity contribution in [2.75, 3.05) is 6.54 Å². The van der Waals surface area contributed by atoms with Crippen LogP contribution in [-0.4, -0.2) is 22.2 Å². The number of rotatable bonds is 3. The van der Waals surface area contributed by atoms with Crippen molar-refractivity contribution in [3.05, 3.63) is 22.7 Å². The van der Waals surface area contributed by atoms with Crippen LogP contribution < -0.4 is 16.0 Å². The lowest BCUT2D eigenvalue weighted by Gasteiger charge is -2.18. The van der Waals surface area contributed by atoms with Crippen molar-refractivity contribution in [3.8, 4) is 5.88 Å². The van der Waals surface area contributed by atoms with Gasteiger partial charge in [0.15, 0.2) is 0 Å². The van der Waals surface area contributed by atoms with Crippen LogP contribution in [0.15, 0.2) is 17.2 Å². The Morgan fingerprint density at radius 3 is 3.19 bits per heavy atom. The van der Waals surface area contributed by atoms with E-state index in [0.717, 1.165) is 19.3 Å². The minimum Gasteiger partial charge on any atom is -0.470 e. The minimum atomic E-state index is -0.190. The van der Waals surface area contributed by atoms with E-state index >= 15 is 0 Å². The maximum atomic E-state index is 11.7. The molecule has 0 bridgehead atoms. The summed E-state index contributed by atoms with van der Waals surface area (Å²) in [5, 5.41) is 0. The molecule has 0 amide bonds. The van der Waals surface area contributed by atoms with Gasteiger partial charge in [0.05, 0.1) is 0 Å². The van der Waals surface area contributed by atoms with Crippen LogP contribution in [-0.2, 0) is 7.05 Å². The van der Waals surface area contributed by atoms with Crippen molar-refractivity contribution in [1.29, 1.82) is 0 Å². The largest absolute Gasteiger partial charge is 0.470 e. The van der Waals surface area contributed by atoms with Crippen molar-refractivity contribution in [3.63, 3.8) is 0 Å². The molecule has 1 fully saturated rings. The van der Waals surface area contributed by atoms with Crippen LogP contribution in [0.4, 0.5) is 0 Å². The van der Waals surface area contributed by atoms with Gasteiger partial charge < -0.3 is 15.0 Å². The topological polar surface area (TPSA) is 70.1 Å². The Kier molecular flexibility index (Phi) is 3.24. The van der Waals surface area contributed by atoms with E-state index in [9.17, 15) is 4.79 Å². The summed E-state index contributed by atoms with van der Waals surface area (Å²) in [5.41, 5.74) is 5.47. The molecule has 88 valence electrons. The molecule has 16 heavy (non-hydrogen) atoms. The van der Waals surface area contributed by atoms with Crippen LogP contribution in [0.1, 0.15) is 19.3 Å². The van der Waals surface area contributed by atoms with E-state index in [4.69, 9.17) is 10.5 Å². The molecule has 0 aromatic carbocycles. The van der Waals surface area contributed by atoms with Crippen molar-refractivity contribution < 1.29 is 4.74 Å². The number of hydrogen-bond donors (Lipinski definition) is 1. The smallest absolute Gasteiger partial charge is 0.313 e. The summed E-state index contributed by atoms with van der Waals surface area (Å²) in [6, 6.07) is 0. The lowest BCUT2D eigenvalue weighted by atomic mass is 10.1. The van der Waals surface area contributed by atoms with Gasteiger partial charge in [-0.3, -0.25) is 4.79 Å². The van der Waals surface area contributed by atoms with Crippen molar-refractivity contribution in [2.45, 2.75) is 25.4 Å². The molecular weight excluding hydrogens is 206 g/mol. The summed E-state index contributed by atoms with van der Waals surface area (Å²) in [5.74, 6) is 0.544. The first-order valence-corrected chi connectivity index (χ1v) is 5.60. The van der Waals surface area contributed by atoms with Crippen molar-refractivity contribution in [2.24, 2.45) is 18.7 Å². The van der Waals surface area contributed by atoms with E-state index < -0.39 is 0 Å². The van der Waals surface area contributed by atoms with E-state index in [-0.39, 0.29) is 17.5 Å². The second-order valence-corrected chi connectivity index (χ2v) is 4.23. The number of nitrogens with zero attached hydrogens (tertiary/aromatic N) is 2. The highest BCUT2D eigenvalue weighted by atomic mass is 16.5. The third-order valence-electron chi connectivity index (χ3n) is 3.14. The zero-order valence-corrected chi connectivity index (χ0v) is 9.43. The van der Waals surface area contributed by atoms with Gasteiger partial charge in [0.2, 0.25) is 0 Å². The highest BCUT2D eigenvalue weighted by molar-refractivity contribution is 5.05. The fourth-order valence-corrected chi connectivity index (χ4v) is 2.13. The summed E-state index contributed by atoms with van der Waals surface area (Å²) >= 11 is 0. The molecule has 1 aliphatic carbocycles. The molecule has 2 rings (SSSR count). The average Bonchev–Trinajstić information content (AvgIpc) is 2.72. The molecule has 1 aliphatic rings. The first-order chi connectivity index (χ1) is 7.72. The molecular formula is C11H17N3O2. The average molecular weight is 223 g/mol. The Labute approximate surface area is 94.2 Å². The highest BCUT2D eigenvalue weighted by Gasteiger charge is 2.28. The van der Waals surface area contributed by atoms with Crippen LogP contribution in [0.25, 0.3) is 0 Å². The van der Waals surface area contributed by atoms with E-state index in [1.807, 2.05) is 0 Å². The fourth-order valence-electron chi connectivity index (χ4n) is 2.13. The predicted octanol–water partition coefficient (Wildman–Crippen LogP) is 0.286. The molecule has 1 heterocycles. The Morgan fingerprint density at radius 2 is 2.44 bits per heavy atom. The second-order valence-electron chi connectivity index (χ2n) is 4.23. The molecule has 1 aromatic heterocycles. The van der Waals surface area contributed by atoms with Crippen LogP contribution in [0.3, 0.4) is 0 Å². The molecule has 2 atom stereocenters. The normalized spacial score (nSPS) is 24.6. The Hall–Kier alpha value is -1.36. The third-order valence-corrected chi connectivity index (χ3v) is 3.14. The Balaban J connectivity index is 2.15. The molecule has 2 unspecified atom stereocenters. The van der Waals surface area contributed by atoms with Gasteiger partial charge in [0.1, 0.15) is 6.10 Å². The summed E-state index contributed by atoms with van der Waals surface area (Å²) in [6.45, 7) is 0.609. The van der Waals surface area contributed by atoms with E-state index in [2.05, 4.69) is 4.98 Å². The van der Waals surface area contributed by atoms with E-state index in [0.29, 0.717) is 12.5 Å². The van der Waals surface area contributed by atoms with Crippen LogP contribution in [0, 0.1) is 5.92 Å². The van der Waals surface area contributed by atoms with Crippen LogP contribution in [0.2, 0.25) is 0 Å². The molecule has 0 saturated heterocycles. The Bertz CT molecular complexity index is 416. The molecule has 5 heteroatoms. The number of hydrogen-bond acceptors (Lipinski definition) is 4. The SMILES string of the molecule is Cn1ccnc(OC2CCCC2CN)c1=O. The molecule has 0 spiro atoms. The molecule has 5 nitrogen and oxygen atoms in total. The first-order valence-electron chi connectivity index (χ1n) is 5.60. The summed E-state index contributed by atoms with van der Waals surface area (Å²) in [6.07, 6.45) is 6.38. The molecule has 0 radical (unpaired) electrons. The van der Waals surface area contributed by atoms with Gasteiger partial charge in [-0.25, -0.2) is 4.98 Å². The molecule has 0 aliphatic heterocycles. The van der Waals surface area contributed by atoms with Gasteiger partial charge in [-0.15, -0.1) is 0 Å². The van der Waals surface area contributed by atoms with E-state index in [1.54, 1.807) is 19.4 Å². The number of aryl methyl sites for hydroxylation is 1. The van der Waals surface area contributed by atoms with Crippen molar-refractivity contribution >= 4 is 0 Å². The first kappa shape index (κ1) is 11.1. The lowest BCUT2D eigenvalue weighted by Crippen LogP contribution is -2.31. The monoisotopic (exact) mass is 223 g/mol. The summed E-state index contributed by atoms with van der Waals surface area (Å²) < 4.78 is 7.13. The lowest BCUT2D eigenvalue weighted by molar-refractivity contribution is 0.152.